The second kappa shape index (κ2) is 9.43. The number of thioether (sulfide) groups is 1. The molecule has 0 aliphatic carbocycles. The topological polar surface area (TPSA) is 88.5 Å². The van der Waals surface area contributed by atoms with Crippen molar-refractivity contribution in [3.05, 3.63) is 35.3 Å². The van der Waals surface area contributed by atoms with Gasteiger partial charge in [0, 0.05) is 5.38 Å². The first-order valence-corrected chi connectivity index (χ1v) is 9.91. The van der Waals surface area contributed by atoms with Crippen LogP contribution in [0.2, 0.25) is 0 Å². The summed E-state index contributed by atoms with van der Waals surface area (Å²) in [6.45, 7) is 0. The molecule has 0 saturated heterocycles. The van der Waals surface area contributed by atoms with Crippen molar-refractivity contribution in [1.29, 1.82) is 0 Å². The van der Waals surface area contributed by atoms with Crippen molar-refractivity contribution in [2.75, 3.05) is 19.1 Å². The summed E-state index contributed by atoms with van der Waals surface area (Å²) in [7, 11) is 1.60. The normalized spacial score (nSPS) is 11.8. The minimum absolute atomic E-state index is 0.0503. The molecule has 0 spiro atoms. The van der Waals surface area contributed by atoms with E-state index in [9.17, 15) is 14.7 Å². The summed E-state index contributed by atoms with van der Waals surface area (Å²) in [6, 6.07) is 6.67. The first kappa shape index (κ1) is 19.3. The number of hydrogen-bond acceptors (Lipinski definition) is 6. The van der Waals surface area contributed by atoms with Gasteiger partial charge in [-0.05, 0) is 30.6 Å². The zero-order chi connectivity index (χ0) is 18.2. The molecule has 134 valence electrons. The first-order valence-electron chi connectivity index (χ1n) is 7.64. The number of carboxylic acid groups (broad SMARTS) is 1. The van der Waals surface area contributed by atoms with Crippen LogP contribution in [-0.4, -0.2) is 47.1 Å². The summed E-state index contributed by atoms with van der Waals surface area (Å²) < 4.78 is 5.33. The molecule has 1 aromatic heterocycles. The van der Waals surface area contributed by atoms with Gasteiger partial charge in [-0.15, -0.1) is 11.3 Å². The zero-order valence-electron chi connectivity index (χ0n) is 14.0. The Kier molecular flexibility index (Phi) is 7.27. The summed E-state index contributed by atoms with van der Waals surface area (Å²) in [5.41, 5.74) is 1.47. The zero-order valence-corrected chi connectivity index (χ0v) is 15.7. The van der Waals surface area contributed by atoms with Gasteiger partial charge in [0.25, 0.3) is 0 Å². The molecule has 0 unspecified atom stereocenters. The number of ether oxygens (including phenoxy) is 1. The standard InChI is InChI=1S/C17H20N2O4S2/c1-23-14-6-4-3-5-12(14)16-18-11(10-25-16)9-15(20)19-13(17(21)22)7-8-24-2/h3-6,10,13H,7-9H2,1-2H3,(H,19,20)(H,21,22)/t13-/m0/s1. The number of aromatic nitrogens is 1. The van der Waals surface area contributed by atoms with Gasteiger partial charge in [-0.3, -0.25) is 4.79 Å². The fourth-order valence-electron chi connectivity index (χ4n) is 2.24. The van der Waals surface area contributed by atoms with Crippen molar-refractivity contribution in [1.82, 2.24) is 10.3 Å². The van der Waals surface area contributed by atoms with Gasteiger partial charge >= 0.3 is 5.97 Å². The molecule has 6 nitrogen and oxygen atoms in total. The summed E-state index contributed by atoms with van der Waals surface area (Å²) in [5, 5.41) is 14.3. The molecule has 1 heterocycles. The molecule has 1 amide bonds. The Morgan fingerprint density at radius 3 is 2.84 bits per heavy atom. The van der Waals surface area contributed by atoms with Crippen molar-refractivity contribution in [3.63, 3.8) is 0 Å². The molecule has 2 aromatic rings. The van der Waals surface area contributed by atoms with E-state index < -0.39 is 12.0 Å². The van der Waals surface area contributed by atoms with Crippen LogP contribution in [0.3, 0.4) is 0 Å². The van der Waals surface area contributed by atoms with Crippen LogP contribution >= 0.6 is 23.1 Å². The molecule has 0 radical (unpaired) electrons. The van der Waals surface area contributed by atoms with E-state index in [1.807, 2.05) is 30.5 Å². The number of nitrogens with zero attached hydrogens (tertiary/aromatic N) is 1. The molecular weight excluding hydrogens is 360 g/mol. The van der Waals surface area contributed by atoms with Gasteiger partial charge in [-0.2, -0.15) is 11.8 Å². The van der Waals surface area contributed by atoms with Crippen molar-refractivity contribution in [3.8, 4) is 16.3 Å². The maximum absolute atomic E-state index is 12.1. The number of rotatable bonds is 9. The molecule has 0 aliphatic rings. The molecule has 0 saturated carbocycles. The van der Waals surface area contributed by atoms with Crippen molar-refractivity contribution in [2.45, 2.75) is 18.9 Å². The van der Waals surface area contributed by atoms with Gasteiger partial charge in [-0.1, -0.05) is 12.1 Å². The van der Waals surface area contributed by atoms with Gasteiger partial charge < -0.3 is 15.2 Å². The number of methoxy groups -OCH3 is 1. The lowest BCUT2D eigenvalue weighted by molar-refractivity contribution is -0.141. The van der Waals surface area contributed by atoms with Crippen molar-refractivity contribution in [2.24, 2.45) is 0 Å². The van der Waals surface area contributed by atoms with Gasteiger partial charge in [-0.25, -0.2) is 9.78 Å². The molecule has 1 aromatic carbocycles. The number of carbonyl (C=O) groups is 2. The van der Waals surface area contributed by atoms with Crippen LogP contribution in [0.15, 0.2) is 29.6 Å². The van der Waals surface area contributed by atoms with Gasteiger partial charge in [0.2, 0.25) is 5.91 Å². The molecule has 2 N–H and O–H groups in total. The van der Waals surface area contributed by atoms with Crippen molar-refractivity contribution >= 4 is 35.0 Å². The highest BCUT2D eigenvalue weighted by Gasteiger charge is 2.20. The Morgan fingerprint density at radius 2 is 2.16 bits per heavy atom. The molecule has 0 fully saturated rings. The fraction of sp³-hybridized carbons (Fsp3) is 0.353. The molecule has 8 heteroatoms. The lowest BCUT2D eigenvalue weighted by Gasteiger charge is -2.13. The third kappa shape index (κ3) is 5.47. The molecule has 25 heavy (non-hydrogen) atoms. The number of para-hydroxylation sites is 1. The molecule has 0 aliphatic heterocycles. The average molecular weight is 380 g/mol. The molecule has 0 bridgehead atoms. The number of thiazole rings is 1. The predicted octanol–water partition coefficient (Wildman–Crippen LogP) is 2.68. The quantitative estimate of drug-likeness (QED) is 0.695. The largest absolute Gasteiger partial charge is 0.496 e. The predicted molar refractivity (Wildman–Crippen MR) is 100 cm³/mol. The monoisotopic (exact) mass is 380 g/mol. The number of benzene rings is 1. The Morgan fingerprint density at radius 1 is 1.40 bits per heavy atom. The third-order valence-electron chi connectivity index (χ3n) is 3.47. The Hall–Kier alpha value is -2.06. The smallest absolute Gasteiger partial charge is 0.326 e. The van der Waals surface area contributed by atoms with E-state index in [0.717, 1.165) is 16.3 Å². The number of carbonyl (C=O) groups excluding carboxylic acids is 1. The Bertz CT molecular complexity index is 733. The Balaban J connectivity index is 2.03. The number of amides is 1. The van der Waals surface area contributed by atoms with Crippen LogP contribution in [0, 0.1) is 0 Å². The number of aliphatic carboxylic acids is 1. The minimum Gasteiger partial charge on any atom is -0.496 e. The highest BCUT2D eigenvalue weighted by molar-refractivity contribution is 7.98. The molecule has 2 rings (SSSR count). The van der Waals surface area contributed by atoms with Gasteiger partial charge in [0.1, 0.15) is 16.8 Å². The molecular formula is C17H20N2O4S2. The summed E-state index contributed by atoms with van der Waals surface area (Å²) in [5.74, 6) is 0.0305. The van der Waals surface area contributed by atoms with Crippen LogP contribution in [-0.2, 0) is 16.0 Å². The highest BCUT2D eigenvalue weighted by atomic mass is 32.2. The van der Waals surface area contributed by atoms with E-state index >= 15 is 0 Å². The summed E-state index contributed by atoms with van der Waals surface area (Å²) >= 11 is 2.97. The lowest BCUT2D eigenvalue weighted by Crippen LogP contribution is -2.41. The van der Waals surface area contributed by atoms with E-state index in [0.29, 0.717) is 17.9 Å². The summed E-state index contributed by atoms with van der Waals surface area (Å²) in [4.78, 5) is 27.8. The highest BCUT2D eigenvalue weighted by Crippen LogP contribution is 2.31. The Labute approximate surface area is 154 Å². The van der Waals surface area contributed by atoms with Crippen LogP contribution in [0.4, 0.5) is 0 Å². The van der Waals surface area contributed by atoms with Gasteiger partial charge in [0.05, 0.1) is 24.8 Å². The van der Waals surface area contributed by atoms with Crippen LogP contribution in [0.1, 0.15) is 12.1 Å². The lowest BCUT2D eigenvalue weighted by atomic mass is 10.2. The van der Waals surface area contributed by atoms with Crippen LogP contribution < -0.4 is 10.1 Å². The first-order chi connectivity index (χ1) is 12.0. The van der Waals surface area contributed by atoms with Crippen LogP contribution in [0.25, 0.3) is 10.6 Å². The summed E-state index contributed by atoms with van der Waals surface area (Å²) in [6.07, 6.45) is 2.34. The van der Waals surface area contributed by atoms with E-state index in [1.165, 1.54) is 11.3 Å². The fourth-order valence-corrected chi connectivity index (χ4v) is 3.56. The van der Waals surface area contributed by atoms with Crippen LogP contribution in [0.5, 0.6) is 5.75 Å². The van der Waals surface area contributed by atoms with Crippen molar-refractivity contribution < 1.29 is 19.4 Å². The third-order valence-corrected chi connectivity index (χ3v) is 5.04. The average Bonchev–Trinajstić information content (AvgIpc) is 3.06. The number of nitrogens with one attached hydrogen (secondary N) is 1. The maximum atomic E-state index is 12.1. The van der Waals surface area contributed by atoms with E-state index in [2.05, 4.69) is 10.3 Å². The van der Waals surface area contributed by atoms with E-state index in [-0.39, 0.29) is 12.3 Å². The number of hydrogen-bond donors (Lipinski definition) is 2. The second-order valence-electron chi connectivity index (χ2n) is 5.26. The SMILES string of the molecule is COc1ccccc1-c1nc(CC(=O)N[C@@H](CCSC)C(=O)O)cs1. The van der Waals surface area contributed by atoms with E-state index in [1.54, 1.807) is 24.3 Å². The molecule has 1 atom stereocenters. The minimum atomic E-state index is -1.02. The van der Waals surface area contributed by atoms with E-state index in [4.69, 9.17) is 4.74 Å². The maximum Gasteiger partial charge on any atom is 0.326 e. The van der Waals surface area contributed by atoms with Gasteiger partial charge in [0.15, 0.2) is 0 Å². The second-order valence-corrected chi connectivity index (χ2v) is 7.10. The number of carboxylic acids is 1.